The number of nitrogens with zero attached hydrogens (tertiary/aromatic N) is 1. The van der Waals surface area contributed by atoms with Gasteiger partial charge >= 0.3 is 6.18 Å². The third-order valence-corrected chi connectivity index (χ3v) is 7.22. The summed E-state index contributed by atoms with van der Waals surface area (Å²) in [4.78, 5) is 39.8. The zero-order valence-corrected chi connectivity index (χ0v) is 23.1. The van der Waals surface area contributed by atoms with Gasteiger partial charge < -0.3 is 26.0 Å². The van der Waals surface area contributed by atoms with Crippen molar-refractivity contribution in [2.75, 3.05) is 13.1 Å². The van der Waals surface area contributed by atoms with Gasteiger partial charge in [-0.3, -0.25) is 19.8 Å². The van der Waals surface area contributed by atoms with E-state index in [1.807, 2.05) is 18.2 Å². The minimum atomic E-state index is -4.59. The van der Waals surface area contributed by atoms with E-state index in [2.05, 4.69) is 10.6 Å². The summed E-state index contributed by atoms with van der Waals surface area (Å²) in [5.41, 5.74) is 6.12. The number of hydrogen-bond acceptors (Lipinski definition) is 6. The normalized spacial score (nSPS) is 16.4. The number of carbonyl (C=O) groups excluding carboxylic acids is 3. The van der Waals surface area contributed by atoms with Crippen molar-refractivity contribution in [1.82, 2.24) is 15.5 Å². The van der Waals surface area contributed by atoms with Gasteiger partial charge in [0.25, 0.3) is 5.91 Å². The van der Waals surface area contributed by atoms with E-state index in [9.17, 15) is 27.6 Å². The number of halogens is 4. The van der Waals surface area contributed by atoms with Crippen molar-refractivity contribution in [2.24, 2.45) is 11.7 Å². The Morgan fingerprint density at radius 1 is 1.02 bits per heavy atom. The van der Waals surface area contributed by atoms with Crippen molar-refractivity contribution in [3.8, 4) is 11.5 Å². The molecule has 1 aromatic heterocycles. The van der Waals surface area contributed by atoms with E-state index < -0.39 is 55.4 Å². The highest BCUT2D eigenvalue weighted by Crippen LogP contribution is 2.36. The van der Waals surface area contributed by atoms with E-state index in [0.29, 0.717) is 21.9 Å². The summed E-state index contributed by atoms with van der Waals surface area (Å²) in [6.45, 7) is -1.26. The molecule has 14 heteroatoms. The van der Waals surface area contributed by atoms with E-state index in [4.69, 9.17) is 15.9 Å². The van der Waals surface area contributed by atoms with Crippen LogP contribution in [-0.2, 0) is 16.1 Å². The van der Waals surface area contributed by atoms with E-state index in [1.54, 1.807) is 35.7 Å². The van der Waals surface area contributed by atoms with Gasteiger partial charge in [0.1, 0.15) is 23.4 Å². The molecular weight excluding hydrogens is 583 g/mol. The molecule has 2 unspecified atom stereocenters. The first kappa shape index (κ1) is 31.4. The van der Waals surface area contributed by atoms with Crippen LogP contribution in [0.1, 0.15) is 27.2 Å². The molecule has 1 saturated heterocycles. The van der Waals surface area contributed by atoms with E-state index in [-0.39, 0.29) is 30.4 Å². The van der Waals surface area contributed by atoms with Gasteiger partial charge in [-0.05, 0) is 48.9 Å². The van der Waals surface area contributed by atoms with Gasteiger partial charge in [0.05, 0.1) is 19.0 Å². The highest BCUT2D eigenvalue weighted by molar-refractivity contribution is 7.10. The van der Waals surface area contributed by atoms with Crippen molar-refractivity contribution >= 4 is 47.3 Å². The average molecular weight is 610 g/mol. The first-order valence-electron chi connectivity index (χ1n) is 12.2. The fourth-order valence-electron chi connectivity index (χ4n) is 4.16. The molecule has 0 saturated carbocycles. The van der Waals surface area contributed by atoms with Crippen molar-refractivity contribution in [3.63, 3.8) is 0 Å². The molecule has 2 heterocycles. The van der Waals surface area contributed by atoms with Crippen molar-refractivity contribution in [2.45, 2.75) is 25.2 Å². The maximum Gasteiger partial charge on any atom is 0.393 e. The van der Waals surface area contributed by atoms with Crippen LogP contribution in [0.25, 0.3) is 0 Å². The Labute approximate surface area is 243 Å². The Bertz CT molecular complexity index is 1390. The number of nitrogen functional groups attached to an aromatic ring is 1. The second kappa shape index (κ2) is 13.5. The van der Waals surface area contributed by atoms with Gasteiger partial charge in [-0.1, -0.05) is 18.2 Å². The Morgan fingerprint density at radius 2 is 1.68 bits per heavy atom. The van der Waals surface area contributed by atoms with Crippen LogP contribution < -0.4 is 21.1 Å². The lowest BCUT2D eigenvalue weighted by Gasteiger charge is -2.24. The Balaban J connectivity index is 0.00000462. The van der Waals surface area contributed by atoms with E-state index in [0.717, 1.165) is 4.90 Å². The Kier molecular flexibility index (Phi) is 10.4. The molecule has 9 nitrogen and oxygen atoms in total. The molecule has 2 aromatic carbocycles. The molecule has 1 fully saturated rings. The monoisotopic (exact) mass is 609 g/mol. The number of para-hydroxylation sites is 1. The maximum atomic E-state index is 13.5. The lowest BCUT2D eigenvalue weighted by Crippen LogP contribution is -2.48. The summed E-state index contributed by atoms with van der Waals surface area (Å²) in [5, 5.41) is 14.0. The number of nitrogens with two attached hydrogens (primary N) is 1. The molecule has 4 rings (SSSR count). The zero-order valence-electron chi connectivity index (χ0n) is 21.4. The summed E-state index contributed by atoms with van der Waals surface area (Å²) in [5.74, 6) is -3.06. The molecule has 1 aliphatic heterocycles. The first-order valence-corrected chi connectivity index (χ1v) is 13.1. The molecule has 0 aliphatic carbocycles. The number of amidine groups is 1. The van der Waals surface area contributed by atoms with Crippen LogP contribution >= 0.6 is 23.7 Å². The van der Waals surface area contributed by atoms with Gasteiger partial charge in [-0.25, -0.2) is 0 Å². The molecule has 0 bridgehead atoms. The standard InChI is InChI=1S/C27H26F3N5O4S.ClH/c28-27(29,30)18-11-22(26(38)33-12-21-10-17(15-40-21)24(31)32)35(14-18)23(36)13-34-25(37)16-6-8-20(9-7-16)39-19-4-2-1-3-5-19;/h1-10,15,18,22H,11-14H2,(H3,31,32)(H,33,38)(H,34,37);1H. The fourth-order valence-corrected chi connectivity index (χ4v) is 4.99. The molecule has 3 amide bonds. The summed E-state index contributed by atoms with van der Waals surface area (Å²) in [6, 6.07) is 15.4. The number of likely N-dealkylation sites (tertiary alicyclic amines) is 1. The second-order valence-corrected chi connectivity index (χ2v) is 10.1. The molecule has 1 aliphatic rings. The fraction of sp³-hybridized carbons (Fsp3) is 0.259. The Hall–Kier alpha value is -4.10. The number of ether oxygens (including phenoxy) is 1. The predicted molar refractivity (Wildman–Crippen MR) is 149 cm³/mol. The van der Waals surface area contributed by atoms with Crippen LogP contribution in [0.5, 0.6) is 11.5 Å². The number of benzene rings is 2. The van der Waals surface area contributed by atoms with Crippen LogP contribution in [0.3, 0.4) is 0 Å². The van der Waals surface area contributed by atoms with Crippen LogP contribution in [0, 0.1) is 11.3 Å². The van der Waals surface area contributed by atoms with E-state index >= 15 is 0 Å². The van der Waals surface area contributed by atoms with Crippen LogP contribution in [-0.4, -0.2) is 53.8 Å². The van der Waals surface area contributed by atoms with Crippen molar-refractivity contribution in [3.05, 3.63) is 82.0 Å². The van der Waals surface area contributed by atoms with Gasteiger partial charge in [-0.15, -0.1) is 23.7 Å². The van der Waals surface area contributed by atoms with Gasteiger partial charge in [0.2, 0.25) is 11.8 Å². The Morgan fingerprint density at radius 3 is 2.29 bits per heavy atom. The summed E-state index contributed by atoms with van der Waals surface area (Å²) >= 11 is 1.23. The molecule has 218 valence electrons. The highest BCUT2D eigenvalue weighted by atomic mass is 35.5. The van der Waals surface area contributed by atoms with Crippen molar-refractivity contribution in [1.29, 1.82) is 5.41 Å². The number of amides is 3. The molecule has 5 N–H and O–H groups in total. The molecule has 0 spiro atoms. The second-order valence-electron chi connectivity index (χ2n) is 9.09. The van der Waals surface area contributed by atoms with Gasteiger partial charge in [0.15, 0.2) is 0 Å². The highest BCUT2D eigenvalue weighted by Gasteiger charge is 2.50. The van der Waals surface area contributed by atoms with E-state index in [1.165, 1.54) is 23.5 Å². The summed E-state index contributed by atoms with van der Waals surface area (Å²) < 4.78 is 46.1. The first-order chi connectivity index (χ1) is 19.0. The molecule has 2 atom stereocenters. The molecular formula is C27H27ClF3N5O4S. The van der Waals surface area contributed by atoms with Gasteiger partial charge in [-0.2, -0.15) is 13.2 Å². The third kappa shape index (κ3) is 8.21. The van der Waals surface area contributed by atoms with Crippen LogP contribution in [0.2, 0.25) is 0 Å². The predicted octanol–water partition coefficient (Wildman–Crippen LogP) is 4.07. The SMILES string of the molecule is Cl.N=C(N)c1csc(CNC(=O)C2CC(C(F)(F)F)CN2C(=O)CNC(=O)c2ccc(Oc3ccccc3)cc2)c1. The van der Waals surface area contributed by atoms with Gasteiger partial charge in [0, 0.05) is 27.9 Å². The van der Waals surface area contributed by atoms with Crippen LogP contribution in [0.4, 0.5) is 13.2 Å². The topological polar surface area (TPSA) is 138 Å². The quantitative estimate of drug-likeness (QED) is 0.214. The largest absolute Gasteiger partial charge is 0.457 e. The third-order valence-electron chi connectivity index (χ3n) is 6.28. The number of alkyl halides is 3. The number of hydrogen-bond donors (Lipinski definition) is 4. The average Bonchev–Trinajstić information content (AvgIpc) is 3.59. The molecule has 3 aromatic rings. The number of rotatable bonds is 9. The minimum Gasteiger partial charge on any atom is -0.457 e. The summed E-state index contributed by atoms with van der Waals surface area (Å²) in [7, 11) is 0. The maximum absolute atomic E-state index is 13.5. The number of thiophene rings is 1. The van der Waals surface area contributed by atoms with Crippen molar-refractivity contribution < 1.29 is 32.3 Å². The lowest BCUT2D eigenvalue weighted by atomic mass is 10.0. The number of nitrogens with one attached hydrogen (secondary N) is 3. The minimum absolute atomic E-state index is 0. The summed E-state index contributed by atoms with van der Waals surface area (Å²) in [6.07, 6.45) is -5.18. The smallest absolute Gasteiger partial charge is 0.393 e. The van der Waals surface area contributed by atoms with Crippen LogP contribution in [0.15, 0.2) is 66.0 Å². The lowest BCUT2D eigenvalue weighted by molar-refractivity contribution is -0.171. The zero-order chi connectivity index (χ0) is 28.9. The molecule has 0 radical (unpaired) electrons. The molecule has 41 heavy (non-hydrogen) atoms. The number of carbonyl (C=O) groups is 3.